The van der Waals surface area contributed by atoms with Gasteiger partial charge in [-0.3, -0.25) is 0 Å². The maximum absolute atomic E-state index is 14.0. The lowest BCUT2D eigenvalue weighted by atomic mass is 10.1. The number of halogens is 2. The van der Waals surface area contributed by atoms with Gasteiger partial charge in [0.15, 0.2) is 11.6 Å². The van der Waals surface area contributed by atoms with E-state index in [1.807, 2.05) is 24.3 Å². The molecule has 0 aliphatic carbocycles. The SMILES string of the molecule is COc1cccc(CNc2ccccc2CCl)c1F. The zero-order valence-electron chi connectivity index (χ0n) is 10.6. The Bertz CT molecular complexity index is 560. The molecular weight excluding hydrogens is 265 g/mol. The van der Waals surface area contributed by atoms with Gasteiger partial charge in [-0.2, -0.15) is 0 Å². The van der Waals surface area contributed by atoms with Crippen molar-refractivity contribution >= 4 is 17.3 Å². The fourth-order valence-corrected chi connectivity index (χ4v) is 2.08. The minimum atomic E-state index is -0.333. The van der Waals surface area contributed by atoms with Gasteiger partial charge in [-0.25, -0.2) is 4.39 Å². The molecule has 0 saturated heterocycles. The van der Waals surface area contributed by atoms with E-state index in [1.165, 1.54) is 7.11 Å². The summed E-state index contributed by atoms with van der Waals surface area (Å²) in [5.41, 5.74) is 2.47. The van der Waals surface area contributed by atoms with Crippen LogP contribution in [0, 0.1) is 5.82 Å². The fourth-order valence-electron chi connectivity index (χ4n) is 1.85. The third kappa shape index (κ3) is 3.18. The second kappa shape index (κ2) is 6.43. The number of hydrogen-bond acceptors (Lipinski definition) is 2. The Balaban J connectivity index is 2.15. The van der Waals surface area contributed by atoms with Gasteiger partial charge >= 0.3 is 0 Å². The number of anilines is 1. The van der Waals surface area contributed by atoms with Crippen molar-refractivity contribution in [3.05, 3.63) is 59.4 Å². The van der Waals surface area contributed by atoms with Gasteiger partial charge in [-0.1, -0.05) is 30.3 Å². The van der Waals surface area contributed by atoms with Gasteiger partial charge in [0.25, 0.3) is 0 Å². The molecule has 0 aliphatic rings. The number of methoxy groups -OCH3 is 1. The Kier molecular flexibility index (Phi) is 4.63. The lowest BCUT2D eigenvalue weighted by Crippen LogP contribution is -2.04. The average Bonchev–Trinajstić information content (AvgIpc) is 2.46. The number of benzene rings is 2. The topological polar surface area (TPSA) is 21.3 Å². The van der Waals surface area contributed by atoms with Gasteiger partial charge in [0.2, 0.25) is 0 Å². The van der Waals surface area contributed by atoms with Crippen LogP contribution in [0.15, 0.2) is 42.5 Å². The summed E-state index contributed by atoms with van der Waals surface area (Å²) in [6.45, 7) is 0.386. The molecule has 0 spiro atoms. The van der Waals surface area contributed by atoms with Crippen LogP contribution in [0.4, 0.5) is 10.1 Å². The maximum atomic E-state index is 14.0. The standard InChI is InChI=1S/C15H15ClFNO/c1-19-14-8-4-6-12(15(14)17)10-18-13-7-3-2-5-11(13)9-16/h2-8,18H,9-10H2,1H3. The van der Waals surface area contributed by atoms with Gasteiger partial charge in [0.05, 0.1) is 7.11 Å². The molecule has 0 unspecified atom stereocenters. The van der Waals surface area contributed by atoms with Crippen molar-refractivity contribution < 1.29 is 9.13 Å². The van der Waals surface area contributed by atoms with E-state index in [1.54, 1.807) is 18.2 Å². The first-order valence-corrected chi connectivity index (χ1v) is 6.49. The summed E-state index contributed by atoms with van der Waals surface area (Å²) in [7, 11) is 1.46. The third-order valence-electron chi connectivity index (χ3n) is 2.89. The monoisotopic (exact) mass is 279 g/mol. The van der Waals surface area contributed by atoms with Crippen molar-refractivity contribution in [1.82, 2.24) is 0 Å². The molecule has 100 valence electrons. The van der Waals surface area contributed by atoms with Crippen LogP contribution >= 0.6 is 11.6 Å². The first kappa shape index (κ1) is 13.7. The van der Waals surface area contributed by atoms with Crippen molar-refractivity contribution in [3.8, 4) is 5.75 Å². The number of hydrogen-bond donors (Lipinski definition) is 1. The molecule has 4 heteroatoms. The van der Waals surface area contributed by atoms with Gasteiger partial charge in [-0.05, 0) is 17.7 Å². The minimum absolute atomic E-state index is 0.255. The molecule has 19 heavy (non-hydrogen) atoms. The predicted octanol–water partition coefficient (Wildman–Crippen LogP) is 4.19. The maximum Gasteiger partial charge on any atom is 0.170 e. The van der Waals surface area contributed by atoms with Crippen LogP contribution in [0.25, 0.3) is 0 Å². The van der Waals surface area contributed by atoms with Crippen LogP contribution in [0.5, 0.6) is 5.75 Å². The lowest BCUT2D eigenvalue weighted by Gasteiger charge is -2.12. The van der Waals surface area contributed by atoms with Crippen molar-refractivity contribution in [3.63, 3.8) is 0 Å². The van der Waals surface area contributed by atoms with E-state index in [0.717, 1.165) is 11.3 Å². The molecule has 2 aromatic rings. The predicted molar refractivity (Wildman–Crippen MR) is 76.3 cm³/mol. The van der Waals surface area contributed by atoms with Crippen molar-refractivity contribution in [2.45, 2.75) is 12.4 Å². The van der Waals surface area contributed by atoms with Crippen LogP contribution in [-0.2, 0) is 12.4 Å². The highest BCUT2D eigenvalue weighted by Crippen LogP contribution is 2.22. The Labute approximate surface area is 117 Å². The molecule has 0 saturated carbocycles. The second-order valence-electron chi connectivity index (χ2n) is 4.08. The molecule has 0 atom stereocenters. The summed E-state index contributed by atoms with van der Waals surface area (Å²) in [6, 6.07) is 12.8. The molecule has 2 rings (SSSR count). The van der Waals surface area contributed by atoms with Crippen LogP contribution < -0.4 is 10.1 Å². The van der Waals surface area contributed by atoms with Crippen LogP contribution in [0.3, 0.4) is 0 Å². The van der Waals surface area contributed by atoms with Crippen molar-refractivity contribution in [2.75, 3.05) is 12.4 Å². The summed E-state index contributed by atoms with van der Waals surface area (Å²) in [5.74, 6) is 0.342. The largest absolute Gasteiger partial charge is 0.494 e. The molecule has 0 aliphatic heterocycles. The summed E-state index contributed by atoms with van der Waals surface area (Å²) in [5, 5.41) is 3.19. The number of para-hydroxylation sites is 1. The molecular formula is C15H15ClFNO. The van der Waals surface area contributed by atoms with Gasteiger partial charge < -0.3 is 10.1 Å². The number of alkyl halides is 1. The molecule has 2 nitrogen and oxygen atoms in total. The number of nitrogens with one attached hydrogen (secondary N) is 1. The highest BCUT2D eigenvalue weighted by molar-refractivity contribution is 6.17. The van der Waals surface area contributed by atoms with E-state index in [4.69, 9.17) is 16.3 Å². The summed E-state index contributed by atoms with van der Waals surface area (Å²) >= 11 is 5.86. The highest BCUT2D eigenvalue weighted by atomic mass is 35.5. The van der Waals surface area contributed by atoms with Gasteiger partial charge in [-0.15, -0.1) is 11.6 Å². The normalized spacial score (nSPS) is 10.3. The van der Waals surface area contributed by atoms with E-state index in [2.05, 4.69) is 5.32 Å². The van der Waals surface area contributed by atoms with Crippen molar-refractivity contribution in [1.29, 1.82) is 0 Å². The molecule has 1 N–H and O–H groups in total. The molecule has 0 bridgehead atoms. The van der Waals surface area contributed by atoms with E-state index in [9.17, 15) is 4.39 Å². The first-order valence-electron chi connectivity index (χ1n) is 5.95. The quantitative estimate of drug-likeness (QED) is 0.829. The Morgan fingerprint density at radius 1 is 1.11 bits per heavy atom. The van der Waals surface area contributed by atoms with Crippen LogP contribution in [0.1, 0.15) is 11.1 Å². The molecule has 0 heterocycles. The molecule has 2 aromatic carbocycles. The molecule has 0 fully saturated rings. The van der Waals surface area contributed by atoms with E-state index >= 15 is 0 Å². The van der Waals surface area contributed by atoms with E-state index < -0.39 is 0 Å². The number of rotatable bonds is 5. The summed E-state index contributed by atoms with van der Waals surface area (Å²) in [6.07, 6.45) is 0. The third-order valence-corrected chi connectivity index (χ3v) is 3.18. The fraction of sp³-hybridized carbons (Fsp3) is 0.200. The minimum Gasteiger partial charge on any atom is -0.494 e. The van der Waals surface area contributed by atoms with E-state index in [0.29, 0.717) is 18.0 Å². The van der Waals surface area contributed by atoms with E-state index in [-0.39, 0.29) is 11.6 Å². The molecule has 0 radical (unpaired) electrons. The molecule has 0 amide bonds. The Morgan fingerprint density at radius 2 is 1.84 bits per heavy atom. The zero-order valence-corrected chi connectivity index (χ0v) is 11.4. The highest BCUT2D eigenvalue weighted by Gasteiger charge is 2.08. The van der Waals surface area contributed by atoms with Crippen LogP contribution in [0.2, 0.25) is 0 Å². The zero-order chi connectivity index (χ0) is 13.7. The first-order chi connectivity index (χ1) is 9.26. The second-order valence-corrected chi connectivity index (χ2v) is 4.34. The molecule has 0 aromatic heterocycles. The van der Waals surface area contributed by atoms with Crippen molar-refractivity contribution in [2.24, 2.45) is 0 Å². The Morgan fingerprint density at radius 3 is 2.58 bits per heavy atom. The summed E-state index contributed by atoms with van der Waals surface area (Å²) in [4.78, 5) is 0. The van der Waals surface area contributed by atoms with Crippen LogP contribution in [-0.4, -0.2) is 7.11 Å². The number of ether oxygens (including phenoxy) is 1. The smallest absolute Gasteiger partial charge is 0.170 e. The van der Waals surface area contributed by atoms with Gasteiger partial charge in [0, 0.05) is 23.7 Å². The lowest BCUT2D eigenvalue weighted by molar-refractivity contribution is 0.384. The Hall–Kier alpha value is -1.74. The van der Waals surface area contributed by atoms with Gasteiger partial charge in [0.1, 0.15) is 0 Å². The average molecular weight is 280 g/mol. The summed E-state index contributed by atoms with van der Waals surface area (Å²) < 4.78 is 18.9.